The van der Waals surface area contributed by atoms with Crippen molar-refractivity contribution in [2.45, 2.75) is 19.8 Å². The van der Waals surface area contributed by atoms with Gasteiger partial charge < -0.3 is 19.4 Å². The average Bonchev–Trinajstić information content (AvgIpc) is 2.94. The maximum Gasteiger partial charge on any atom is 0.366 e. The summed E-state index contributed by atoms with van der Waals surface area (Å²) in [5, 5.41) is 15.6. The quantitative estimate of drug-likeness (QED) is 0.103. The van der Waals surface area contributed by atoms with Crippen LogP contribution in [0.2, 0.25) is 0 Å². The molecule has 0 heterocycles. The third kappa shape index (κ3) is 7.25. The molecule has 0 aliphatic rings. The van der Waals surface area contributed by atoms with Crippen LogP contribution in [0.1, 0.15) is 22.3 Å². The highest BCUT2D eigenvalue weighted by Gasteiger charge is 2.18. The minimum atomic E-state index is -0.480. The lowest BCUT2D eigenvalue weighted by Gasteiger charge is -2.19. The summed E-state index contributed by atoms with van der Waals surface area (Å²) in [5.74, 6) is 0.773. The van der Waals surface area contributed by atoms with Crippen LogP contribution in [-0.2, 0) is 19.8 Å². The number of guanidine groups is 1. The van der Waals surface area contributed by atoms with E-state index in [1.54, 1.807) is 12.1 Å². The van der Waals surface area contributed by atoms with Gasteiger partial charge in [0, 0.05) is 5.56 Å². The Bertz CT molecular complexity index is 1340. The van der Waals surface area contributed by atoms with Crippen LogP contribution in [0, 0.1) is 5.21 Å². The molecule has 0 aromatic heterocycles. The van der Waals surface area contributed by atoms with Gasteiger partial charge in [0.2, 0.25) is 5.75 Å². The number of hydrazone groups is 1. The maximum atomic E-state index is 11.9. The molecule has 37 heavy (non-hydrogen) atoms. The van der Waals surface area contributed by atoms with Crippen LogP contribution in [0.4, 0.5) is 0 Å². The second kappa shape index (κ2) is 12.6. The van der Waals surface area contributed by atoms with E-state index in [2.05, 4.69) is 5.10 Å². The predicted octanol–water partition coefficient (Wildman–Crippen LogP) is 4.54. The molecule has 4 rings (SSSR count). The lowest BCUT2D eigenvalue weighted by atomic mass is 10.1. The largest absolute Gasteiger partial charge is 0.722 e. The number of ether oxygens (including phenoxy) is 3. The Morgan fingerprint density at radius 2 is 1.11 bits per heavy atom. The normalized spacial score (nSPS) is 10.7. The van der Waals surface area contributed by atoms with Crippen molar-refractivity contribution in [1.82, 2.24) is 0 Å². The van der Waals surface area contributed by atoms with Gasteiger partial charge in [-0.3, -0.25) is 11.5 Å². The third-order valence-corrected chi connectivity index (χ3v) is 5.32. The molecule has 0 unspecified atom stereocenters. The highest BCUT2D eigenvalue weighted by molar-refractivity contribution is 5.86. The fourth-order valence-corrected chi connectivity index (χ4v) is 3.44. The van der Waals surface area contributed by atoms with Gasteiger partial charge in [-0.25, -0.2) is 0 Å². The van der Waals surface area contributed by atoms with Gasteiger partial charge in [-0.05, 0) is 28.8 Å². The standard InChI is InChI=1S/C29H28N4O4/c30-29(31)33(34)32-18-25-16-17-26(35-19-22-10-4-1-5-11-22)28(37-21-24-14-8-3-9-15-24)27(25)36-20-23-12-6-2-7-13-23/h1-18H,19-21,30-31H2. The van der Waals surface area contributed by atoms with Crippen molar-refractivity contribution in [3.05, 3.63) is 131 Å². The van der Waals surface area contributed by atoms with Crippen LogP contribution in [0.3, 0.4) is 0 Å². The Kier molecular flexibility index (Phi) is 8.59. The topological polar surface area (TPSA) is 118 Å². The lowest BCUT2D eigenvalue weighted by molar-refractivity contribution is -0.463. The molecule has 8 heteroatoms. The van der Waals surface area contributed by atoms with Gasteiger partial charge in [-0.2, -0.15) is 0 Å². The van der Waals surface area contributed by atoms with Crippen molar-refractivity contribution in [2.24, 2.45) is 16.6 Å². The molecule has 0 spiro atoms. The second-order valence-corrected chi connectivity index (χ2v) is 8.08. The molecule has 0 saturated heterocycles. The number of nitrogens with two attached hydrogens (primary N) is 2. The summed E-state index contributed by atoms with van der Waals surface area (Å²) in [6.45, 7) is 0.876. The second-order valence-electron chi connectivity index (χ2n) is 8.08. The number of hydrogen-bond donors (Lipinski definition) is 2. The van der Waals surface area contributed by atoms with E-state index in [-0.39, 0.29) is 18.1 Å². The van der Waals surface area contributed by atoms with Crippen molar-refractivity contribution in [3.63, 3.8) is 0 Å². The highest BCUT2D eigenvalue weighted by atomic mass is 16.5. The zero-order valence-electron chi connectivity index (χ0n) is 20.2. The molecule has 0 atom stereocenters. The Hall–Kier alpha value is -4.98. The lowest BCUT2D eigenvalue weighted by Crippen LogP contribution is -2.30. The average molecular weight is 497 g/mol. The van der Waals surface area contributed by atoms with Gasteiger partial charge in [0.15, 0.2) is 11.5 Å². The molecule has 0 fully saturated rings. The minimum absolute atomic E-state index is 0.130. The summed E-state index contributed by atoms with van der Waals surface area (Å²) >= 11 is 0. The summed E-state index contributed by atoms with van der Waals surface area (Å²) < 4.78 is 18.7. The van der Waals surface area contributed by atoms with Crippen molar-refractivity contribution < 1.29 is 19.1 Å². The molecule has 0 aliphatic heterocycles. The predicted molar refractivity (Wildman–Crippen MR) is 143 cm³/mol. The van der Waals surface area contributed by atoms with E-state index in [0.29, 0.717) is 29.4 Å². The van der Waals surface area contributed by atoms with E-state index in [0.717, 1.165) is 16.7 Å². The zero-order valence-corrected chi connectivity index (χ0v) is 20.2. The van der Waals surface area contributed by atoms with Gasteiger partial charge >= 0.3 is 5.96 Å². The SMILES string of the molecule is NC(N)=[N+]([O-])N=Cc1ccc(OCc2ccccc2)c(OCc2ccccc2)c1OCc1ccccc1. The molecule has 4 N–H and O–H groups in total. The van der Waals surface area contributed by atoms with Gasteiger partial charge in [-0.1, -0.05) is 91.0 Å². The van der Waals surface area contributed by atoms with E-state index in [4.69, 9.17) is 25.7 Å². The van der Waals surface area contributed by atoms with E-state index in [9.17, 15) is 5.21 Å². The first-order valence-electron chi connectivity index (χ1n) is 11.7. The molecule has 4 aromatic rings. The number of nitrogens with zero attached hydrogens (tertiary/aromatic N) is 2. The van der Waals surface area contributed by atoms with Gasteiger partial charge in [0.25, 0.3) is 0 Å². The van der Waals surface area contributed by atoms with E-state index in [1.165, 1.54) is 6.21 Å². The summed E-state index contributed by atoms with van der Waals surface area (Å²) in [4.78, 5) is 0.130. The smallest absolute Gasteiger partial charge is 0.366 e. The third-order valence-electron chi connectivity index (χ3n) is 5.32. The summed E-state index contributed by atoms with van der Waals surface area (Å²) in [7, 11) is 0. The van der Waals surface area contributed by atoms with Crippen molar-refractivity contribution in [2.75, 3.05) is 0 Å². The first-order chi connectivity index (χ1) is 18.1. The molecule has 4 aromatic carbocycles. The Labute approximate surface area is 215 Å². The van der Waals surface area contributed by atoms with Crippen LogP contribution < -0.4 is 25.7 Å². The molecule has 0 radical (unpaired) electrons. The van der Waals surface area contributed by atoms with E-state index in [1.807, 2.05) is 91.0 Å². The summed E-state index contributed by atoms with van der Waals surface area (Å²) in [6.07, 6.45) is 1.32. The molecule has 0 bridgehead atoms. The molecule has 188 valence electrons. The molecule has 8 nitrogen and oxygen atoms in total. The maximum absolute atomic E-state index is 11.9. The van der Waals surface area contributed by atoms with Crippen molar-refractivity contribution >= 4 is 12.2 Å². The zero-order chi connectivity index (χ0) is 25.9. The molecule has 0 aliphatic carbocycles. The fraction of sp³-hybridized carbons (Fsp3) is 0.103. The first kappa shape index (κ1) is 25.1. The van der Waals surface area contributed by atoms with Crippen LogP contribution in [0.15, 0.2) is 108 Å². The van der Waals surface area contributed by atoms with Crippen molar-refractivity contribution in [1.29, 1.82) is 0 Å². The molecule has 0 amide bonds. The molecular weight excluding hydrogens is 468 g/mol. The summed E-state index contributed by atoms with van der Waals surface area (Å²) in [6, 6.07) is 32.8. The minimum Gasteiger partial charge on any atom is -0.722 e. The molecular formula is C29H28N4O4. The van der Waals surface area contributed by atoms with Crippen LogP contribution in [0.25, 0.3) is 0 Å². The monoisotopic (exact) mass is 496 g/mol. The van der Waals surface area contributed by atoms with Gasteiger partial charge in [-0.15, -0.1) is 9.95 Å². The molecule has 0 saturated carbocycles. The summed E-state index contributed by atoms with van der Waals surface area (Å²) in [5.41, 5.74) is 14.1. The van der Waals surface area contributed by atoms with Crippen LogP contribution in [0.5, 0.6) is 17.2 Å². The van der Waals surface area contributed by atoms with Gasteiger partial charge in [0.05, 0.1) is 6.21 Å². The van der Waals surface area contributed by atoms with Crippen LogP contribution in [-0.4, -0.2) is 17.0 Å². The number of hydrogen-bond acceptors (Lipinski definition) is 5. The van der Waals surface area contributed by atoms with E-state index >= 15 is 0 Å². The number of rotatable bonds is 11. The Balaban J connectivity index is 1.72. The van der Waals surface area contributed by atoms with Crippen LogP contribution >= 0.6 is 0 Å². The van der Waals surface area contributed by atoms with Crippen molar-refractivity contribution in [3.8, 4) is 17.2 Å². The first-order valence-corrected chi connectivity index (χ1v) is 11.7. The highest BCUT2D eigenvalue weighted by Crippen LogP contribution is 2.41. The fourth-order valence-electron chi connectivity index (χ4n) is 3.44. The Morgan fingerprint density at radius 1 is 0.649 bits per heavy atom. The van der Waals surface area contributed by atoms with E-state index < -0.39 is 5.96 Å². The van der Waals surface area contributed by atoms with Gasteiger partial charge in [0.1, 0.15) is 19.8 Å². The number of benzene rings is 4. The Morgan fingerprint density at radius 3 is 1.59 bits per heavy atom.